The summed E-state index contributed by atoms with van der Waals surface area (Å²) in [6.45, 7) is 1.45. The molecule has 0 saturated heterocycles. The number of hydrogen-bond donors (Lipinski definition) is 3. The molecule has 0 fully saturated rings. The number of hydrogen-bond acceptors (Lipinski definition) is 5. The highest BCUT2D eigenvalue weighted by Gasteiger charge is 2.04. The van der Waals surface area contributed by atoms with Crippen molar-refractivity contribution >= 4 is 27.3 Å². The highest BCUT2D eigenvalue weighted by atomic mass is 32.2. The Morgan fingerprint density at radius 3 is 2.71 bits per heavy atom. The number of rotatable bonds is 7. The van der Waals surface area contributed by atoms with E-state index in [4.69, 9.17) is 5.73 Å². The molecule has 1 aromatic rings. The smallest absolute Gasteiger partial charge is 0.249 e. The van der Waals surface area contributed by atoms with Gasteiger partial charge in [-0.15, -0.1) is 11.3 Å². The monoisotopic (exact) mass is 277 g/mol. The summed E-state index contributed by atoms with van der Waals surface area (Å²) in [6.07, 6.45) is 1.12. The number of carbonyl (C=O) groups excluding carboxylic acids is 1. The van der Waals surface area contributed by atoms with Gasteiger partial charge in [-0.05, 0) is 6.07 Å². The van der Waals surface area contributed by atoms with Crippen LogP contribution in [0.2, 0.25) is 0 Å². The lowest BCUT2D eigenvalue weighted by Crippen LogP contribution is -2.30. The van der Waals surface area contributed by atoms with Gasteiger partial charge in [0.25, 0.3) is 0 Å². The Hall–Kier alpha value is -0.960. The van der Waals surface area contributed by atoms with E-state index in [0.717, 1.165) is 11.1 Å². The maximum atomic E-state index is 10.8. The Morgan fingerprint density at radius 1 is 1.47 bits per heavy atom. The second-order valence-corrected chi connectivity index (χ2v) is 6.34. The highest BCUT2D eigenvalue weighted by Crippen LogP contribution is 2.13. The molecule has 17 heavy (non-hydrogen) atoms. The first-order chi connectivity index (χ1) is 7.88. The fraction of sp³-hybridized carbons (Fsp3) is 0.444. The van der Waals surface area contributed by atoms with Gasteiger partial charge in [-0.1, -0.05) is 0 Å². The standard InChI is InChI=1S/C9H15N3O3S2/c1-17(14,15)12-3-2-11-5-8-4-7(6-16-8)9(10)13/h4,6,11-12H,2-3,5H2,1H3,(H2,10,13). The summed E-state index contributed by atoms with van der Waals surface area (Å²) < 4.78 is 23.9. The van der Waals surface area contributed by atoms with Crippen molar-refractivity contribution in [2.45, 2.75) is 6.54 Å². The molecule has 0 aliphatic heterocycles. The van der Waals surface area contributed by atoms with Crippen LogP contribution in [0.15, 0.2) is 11.4 Å². The Morgan fingerprint density at radius 2 is 2.18 bits per heavy atom. The normalized spacial score (nSPS) is 11.6. The fourth-order valence-electron chi connectivity index (χ4n) is 1.14. The van der Waals surface area contributed by atoms with Gasteiger partial charge in [0, 0.05) is 29.9 Å². The van der Waals surface area contributed by atoms with Gasteiger partial charge in [0.05, 0.1) is 11.8 Å². The first-order valence-electron chi connectivity index (χ1n) is 4.91. The summed E-state index contributed by atoms with van der Waals surface area (Å²) in [6, 6.07) is 1.73. The third-order valence-corrected chi connectivity index (χ3v) is 3.57. The minimum absolute atomic E-state index is 0.340. The zero-order chi connectivity index (χ0) is 12.9. The molecule has 0 aliphatic carbocycles. The highest BCUT2D eigenvalue weighted by molar-refractivity contribution is 7.88. The SMILES string of the molecule is CS(=O)(=O)NCCNCc1cc(C(N)=O)cs1. The van der Waals surface area contributed by atoms with Gasteiger partial charge in [-0.2, -0.15) is 0 Å². The molecule has 1 heterocycles. The lowest BCUT2D eigenvalue weighted by Gasteiger charge is -2.03. The number of carbonyl (C=O) groups is 1. The van der Waals surface area contributed by atoms with Crippen LogP contribution in [-0.4, -0.2) is 33.7 Å². The van der Waals surface area contributed by atoms with Crippen LogP contribution in [0.1, 0.15) is 15.2 Å². The van der Waals surface area contributed by atoms with Gasteiger partial charge in [-0.25, -0.2) is 13.1 Å². The minimum Gasteiger partial charge on any atom is -0.366 e. The lowest BCUT2D eigenvalue weighted by atomic mass is 10.3. The lowest BCUT2D eigenvalue weighted by molar-refractivity contribution is 0.100. The molecule has 96 valence electrons. The Balaban J connectivity index is 2.24. The van der Waals surface area contributed by atoms with E-state index in [1.807, 2.05) is 0 Å². The molecular formula is C9H15N3O3S2. The third-order valence-electron chi connectivity index (χ3n) is 1.90. The Kier molecular flexibility index (Phi) is 5.06. The third kappa shape index (κ3) is 5.78. The van der Waals surface area contributed by atoms with Crippen LogP contribution in [0.3, 0.4) is 0 Å². The number of nitrogens with two attached hydrogens (primary N) is 1. The van der Waals surface area contributed by atoms with Crippen molar-refractivity contribution in [2.75, 3.05) is 19.3 Å². The molecule has 0 radical (unpaired) electrons. The van der Waals surface area contributed by atoms with E-state index in [-0.39, 0.29) is 0 Å². The molecule has 0 unspecified atom stereocenters. The van der Waals surface area contributed by atoms with E-state index in [1.165, 1.54) is 11.3 Å². The first kappa shape index (κ1) is 14.1. The van der Waals surface area contributed by atoms with Crippen LogP contribution < -0.4 is 15.8 Å². The summed E-state index contributed by atoms with van der Waals surface area (Å²) in [5, 5.41) is 4.76. The van der Waals surface area contributed by atoms with Gasteiger partial charge in [0.15, 0.2) is 0 Å². The molecule has 0 spiro atoms. The second kappa shape index (κ2) is 6.10. The predicted molar refractivity (Wildman–Crippen MR) is 67.4 cm³/mol. The van der Waals surface area contributed by atoms with E-state index in [2.05, 4.69) is 10.0 Å². The Labute approximate surface area is 104 Å². The van der Waals surface area contributed by atoms with Gasteiger partial charge in [0.2, 0.25) is 15.9 Å². The second-order valence-electron chi connectivity index (χ2n) is 3.51. The van der Waals surface area contributed by atoms with Crippen molar-refractivity contribution in [1.29, 1.82) is 0 Å². The van der Waals surface area contributed by atoms with Crippen LogP contribution in [0.25, 0.3) is 0 Å². The molecule has 8 heteroatoms. The summed E-state index contributed by atoms with van der Waals surface area (Å²) >= 11 is 1.44. The van der Waals surface area contributed by atoms with E-state index >= 15 is 0 Å². The van der Waals surface area contributed by atoms with Gasteiger partial charge in [0.1, 0.15) is 0 Å². The van der Waals surface area contributed by atoms with E-state index < -0.39 is 15.9 Å². The summed E-state index contributed by atoms with van der Waals surface area (Å²) in [7, 11) is -3.12. The predicted octanol–water partition coefficient (Wildman–Crippen LogP) is -0.514. The number of thiophene rings is 1. The molecule has 0 saturated carbocycles. The van der Waals surface area contributed by atoms with Crippen molar-refractivity contribution in [2.24, 2.45) is 5.73 Å². The molecule has 0 aromatic carbocycles. The van der Waals surface area contributed by atoms with Gasteiger partial charge >= 0.3 is 0 Å². The maximum absolute atomic E-state index is 10.8. The van der Waals surface area contributed by atoms with Gasteiger partial charge in [-0.3, -0.25) is 4.79 Å². The van der Waals surface area contributed by atoms with Crippen molar-refractivity contribution in [3.63, 3.8) is 0 Å². The van der Waals surface area contributed by atoms with Crippen LogP contribution in [-0.2, 0) is 16.6 Å². The van der Waals surface area contributed by atoms with Crippen LogP contribution >= 0.6 is 11.3 Å². The summed E-state index contributed by atoms with van der Waals surface area (Å²) in [5.74, 6) is -0.439. The zero-order valence-corrected chi connectivity index (χ0v) is 11.0. The number of nitrogens with one attached hydrogen (secondary N) is 2. The van der Waals surface area contributed by atoms with E-state index in [9.17, 15) is 13.2 Å². The molecule has 0 bridgehead atoms. The molecular weight excluding hydrogens is 262 g/mol. The van der Waals surface area contributed by atoms with E-state index in [0.29, 0.717) is 25.2 Å². The van der Waals surface area contributed by atoms with Crippen molar-refractivity contribution in [1.82, 2.24) is 10.0 Å². The van der Waals surface area contributed by atoms with E-state index in [1.54, 1.807) is 11.4 Å². The van der Waals surface area contributed by atoms with Crippen LogP contribution in [0.4, 0.5) is 0 Å². The fourth-order valence-corrected chi connectivity index (χ4v) is 2.45. The van der Waals surface area contributed by atoms with Gasteiger partial charge < -0.3 is 11.1 Å². The Bertz CT molecular complexity index is 481. The maximum Gasteiger partial charge on any atom is 0.249 e. The molecule has 1 amide bonds. The average molecular weight is 277 g/mol. The molecule has 4 N–H and O–H groups in total. The molecule has 1 rings (SSSR count). The van der Waals surface area contributed by atoms with Crippen molar-refractivity contribution in [3.05, 3.63) is 21.9 Å². The van der Waals surface area contributed by atoms with Crippen LogP contribution in [0.5, 0.6) is 0 Å². The summed E-state index contributed by atoms with van der Waals surface area (Å²) in [5.41, 5.74) is 5.62. The number of primary amides is 1. The average Bonchev–Trinajstić information content (AvgIpc) is 2.64. The largest absolute Gasteiger partial charge is 0.366 e. The molecule has 1 aromatic heterocycles. The quantitative estimate of drug-likeness (QED) is 0.584. The first-order valence-corrected chi connectivity index (χ1v) is 7.68. The molecule has 0 aliphatic rings. The number of sulfonamides is 1. The van der Waals surface area contributed by atoms with Crippen molar-refractivity contribution in [3.8, 4) is 0 Å². The summed E-state index contributed by atoms with van der Waals surface area (Å²) in [4.78, 5) is 11.8. The van der Waals surface area contributed by atoms with Crippen LogP contribution in [0, 0.1) is 0 Å². The topological polar surface area (TPSA) is 101 Å². The van der Waals surface area contributed by atoms with Crippen molar-refractivity contribution < 1.29 is 13.2 Å². The number of amides is 1. The molecule has 6 nitrogen and oxygen atoms in total. The zero-order valence-electron chi connectivity index (χ0n) is 9.39. The minimum atomic E-state index is -3.12. The molecule has 0 atom stereocenters.